The van der Waals surface area contributed by atoms with Gasteiger partial charge in [0.15, 0.2) is 0 Å². The Morgan fingerprint density at radius 3 is 2.77 bits per heavy atom. The predicted molar refractivity (Wildman–Crippen MR) is 121 cm³/mol. The lowest BCUT2D eigenvalue weighted by Crippen LogP contribution is -2.54. The van der Waals surface area contributed by atoms with Crippen molar-refractivity contribution < 1.29 is 9.59 Å². The van der Waals surface area contributed by atoms with Gasteiger partial charge in [-0.15, -0.1) is 0 Å². The first-order valence-corrected chi connectivity index (χ1v) is 10.6. The van der Waals surface area contributed by atoms with E-state index in [0.717, 1.165) is 17.7 Å². The van der Waals surface area contributed by atoms with Crippen molar-refractivity contribution in [2.75, 3.05) is 6.54 Å². The van der Waals surface area contributed by atoms with Gasteiger partial charge in [0.1, 0.15) is 6.04 Å². The van der Waals surface area contributed by atoms with Crippen molar-refractivity contribution in [1.82, 2.24) is 15.2 Å². The maximum Gasteiger partial charge on any atom is 0.243 e. The summed E-state index contributed by atoms with van der Waals surface area (Å²) in [5, 5.41) is 3.10. The molecule has 0 radical (unpaired) electrons. The Labute approximate surface area is 179 Å². The Kier molecular flexibility index (Phi) is 8.99. The van der Waals surface area contributed by atoms with Gasteiger partial charge in [-0.1, -0.05) is 50.8 Å². The number of nitrogens with zero attached hydrogens (tertiary/aromatic N) is 2. The number of carbonyl (C=O) groups excluding carboxylic acids is 2. The molecule has 1 saturated heterocycles. The Hall–Kier alpha value is -2.73. The number of hydrogen-bond donors (Lipinski definition) is 2. The van der Waals surface area contributed by atoms with Crippen LogP contribution in [0.1, 0.15) is 39.3 Å². The van der Waals surface area contributed by atoms with Crippen molar-refractivity contribution in [1.29, 1.82) is 0 Å². The minimum atomic E-state index is -0.596. The summed E-state index contributed by atoms with van der Waals surface area (Å²) >= 11 is 0. The number of aromatic nitrogens is 1. The van der Waals surface area contributed by atoms with Crippen LogP contribution < -0.4 is 11.1 Å². The Morgan fingerprint density at radius 1 is 1.37 bits per heavy atom. The summed E-state index contributed by atoms with van der Waals surface area (Å²) in [4.78, 5) is 31.9. The van der Waals surface area contributed by atoms with Crippen LogP contribution >= 0.6 is 0 Å². The fourth-order valence-electron chi connectivity index (χ4n) is 3.46. The molecule has 0 aromatic carbocycles. The average Bonchev–Trinajstić information content (AvgIpc) is 3.23. The quantitative estimate of drug-likeness (QED) is 0.613. The van der Waals surface area contributed by atoms with Gasteiger partial charge < -0.3 is 16.0 Å². The van der Waals surface area contributed by atoms with Crippen molar-refractivity contribution in [3.05, 3.63) is 66.5 Å². The van der Waals surface area contributed by atoms with Crippen molar-refractivity contribution in [2.45, 2.75) is 58.2 Å². The minimum absolute atomic E-state index is 0.0234. The molecule has 0 aliphatic carbocycles. The molecule has 1 aliphatic rings. The SMILES string of the molecule is C=C(/C=C\C=C/C)[C@H](Cc1ccccn1)NC(=O)[C@@H]1CCCN1C(=O)[C@@H](N)C(C)C. The third kappa shape index (κ3) is 6.39. The average molecular weight is 411 g/mol. The highest BCUT2D eigenvalue weighted by molar-refractivity contribution is 5.90. The van der Waals surface area contributed by atoms with E-state index >= 15 is 0 Å². The number of rotatable bonds is 9. The zero-order chi connectivity index (χ0) is 22.1. The Bertz CT molecular complexity index is 786. The predicted octanol–water partition coefficient (Wildman–Crippen LogP) is 2.77. The van der Waals surface area contributed by atoms with E-state index < -0.39 is 12.1 Å². The van der Waals surface area contributed by atoms with Crippen LogP contribution in [0.4, 0.5) is 0 Å². The lowest BCUT2D eigenvalue weighted by atomic mass is 10.0. The Balaban J connectivity index is 2.15. The monoisotopic (exact) mass is 410 g/mol. The number of likely N-dealkylation sites (tertiary alicyclic amines) is 1. The van der Waals surface area contributed by atoms with Crippen LogP contribution in [0.3, 0.4) is 0 Å². The molecule has 1 aromatic rings. The summed E-state index contributed by atoms with van der Waals surface area (Å²) < 4.78 is 0. The second-order valence-corrected chi connectivity index (χ2v) is 8.01. The molecule has 162 valence electrons. The number of amides is 2. The van der Waals surface area contributed by atoms with Gasteiger partial charge >= 0.3 is 0 Å². The smallest absolute Gasteiger partial charge is 0.243 e. The van der Waals surface area contributed by atoms with Crippen LogP contribution in [0, 0.1) is 5.92 Å². The fourth-order valence-corrected chi connectivity index (χ4v) is 3.46. The van der Waals surface area contributed by atoms with Crippen LogP contribution in [0.5, 0.6) is 0 Å². The maximum atomic E-state index is 13.1. The van der Waals surface area contributed by atoms with E-state index in [1.165, 1.54) is 0 Å². The van der Waals surface area contributed by atoms with Gasteiger partial charge in [0.25, 0.3) is 0 Å². The van der Waals surface area contributed by atoms with E-state index in [1.807, 2.05) is 63.3 Å². The van der Waals surface area contributed by atoms with E-state index in [0.29, 0.717) is 19.4 Å². The number of hydrogen-bond acceptors (Lipinski definition) is 4. The first kappa shape index (κ1) is 23.5. The third-order valence-corrected chi connectivity index (χ3v) is 5.36. The van der Waals surface area contributed by atoms with E-state index in [4.69, 9.17) is 5.73 Å². The molecule has 2 heterocycles. The normalized spacial score (nSPS) is 18.8. The molecule has 0 spiro atoms. The molecule has 6 nitrogen and oxygen atoms in total. The maximum absolute atomic E-state index is 13.1. The second-order valence-electron chi connectivity index (χ2n) is 8.01. The van der Waals surface area contributed by atoms with Gasteiger partial charge in [0.05, 0.1) is 12.1 Å². The summed E-state index contributed by atoms with van der Waals surface area (Å²) in [6.07, 6.45) is 11.3. The second kappa shape index (κ2) is 11.5. The first-order chi connectivity index (χ1) is 14.3. The summed E-state index contributed by atoms with van der Waals surface area (Å²) in [7, 11) is 0. The molecule has 6 heteroatoms. The Morgan fingerprint density at radius 2 is 2.13 bits per heavy atom. The lowest BCUT2D eigenvalue weighted by Gasteiger charge is -2.29. The van der Waals surface area contributed by atoms with Crippen LogP contribution in [0.15, 0.2) is 60.9 Å². The van der Waals surface area contributed by atoms with Gasteiger partial charge in [-0.2, -0.15) is 0 Å². The molecule has 2 amide bonds. The molecule has 3 N–H and O–H groups in total. The van der Waals surface area contributed by atoms with E-state index in [9.17, 15) is 9.59 Å². The van der Waals surface area contributed by atoms with E-state index in [1.54, 1.807) is 11.1 Å². The molecule has 3 atom stereocenters. The van der Waals surface area contributed by atoms with Crippen LogP contribution in [0.2, 0.25) is 0 Å². The molecule has 0 unspecified atom stereocenters. The zero-order valence-electron chi connectivity index (χ0n) is 18.3. The van der Waals surface area contributed by atoms with E-state index in [2.05, 4.69) is 16.9 Å². The molecule has 0 saturated carbocycles. The van der Waals surface area contributed by atoms with Gasteiger partial charge in [0, 0.05) is 24.9 Å². The molecule has 2 rings (SSSR count). The molecule has 1 aliphatic heterocycles. The molecule has 1 aromatic heterocycles. The molecular formula is C24H34N4O2. The molecule has 1 fully saturated rings. The highest BCUT2D eigenvalue weighted by Crippen LogP contribution is 2.21. The highest BCUT2D eigenvalue weighted by Gasteiger charge is 2.37. The van der Waals surface area contributed by atoms with Gasteiger partial charge in [-0.05, 0) is 43.4 Å². The number of nitrogens with two attached hydrogens (primary N) is 1. The number of pyridine rings is 1. The van der Waals surface area contributed by atoms with Crippen molar-refractivity contribution >= 4 is 11.8 Å². The van der Waals surface area contributed by atoms with Crippen LogP contribution in [-0.2, 0) is 16.0 Å². The molecular weight excluding hydrogens is 376 g/mol. The largest absolute Gasteiger partial charge is 0.347 e. The number of nitrogens with one attached hydrogen (secondary N) is 1. The van der Waals surface area contributed by atoms with Gasteiger partial charge in [-0.25, -0.2) is 0 Å². The lowest BCUT2D eigenvalue weighted by molar-refractivity contribution is -0.140. The van der Waals surface area contributed by atoms with Crippen LogP contribution in [-0.4, -0.2) is 46.4 Å². The number of allylic oxidation sites excluding steroid dienone is 3. The standard InChI is InChI=1S/C24H34N4O2/c1-5-6-7-11-18(4)20(16-19-12-8-9-14-26-19)27-23(29)21-13-10-15-28(21)24(30)22(25)17(2)3/h5-9,11-12,14,17,20-22H,4,10,13,15-16,25H2,1-3H3,(H,27,29)/b6-5-,11-7-/t20-,21-,22-/m0/s1. The minimum Gasteiger partial charge on any atom is -0.347 e. The summed E-state index contributed by atoms with van der Waals surface area (Å²) in [6, 6.07) is 4.30. The van der Waals surface area contributed by atoms with Gasteiger partial charge in [0.2, 0.25) is 11.8 Å². The molecule has 30 heavy (non-hydrogen) atoms. The molecule has 0 bridgehead atoms. The summed E-state index contributed by atoms with van der Waals surface area (Å²) in [5.41, 5.74) is 7.71. The summed E-state index contributed by atoms with van der Waals surface area (Å²) in [6.45, 7) is 10.5. The summed E-state index contributed by atoms with van der Waals surface area (Å²) in [5.74, 6) is -0.302. The zero-order valence-corrected chi connectivity index (χ0v) is 18.3. The third-order valence-electron chi connectivity index (χ3n) is 5.36. The first-order valence-electron chi connectivity index (χ1n) is 10.6. The highest BCUT2D eigenvalue weighted by atomic mass is 16.2. The van der Waals surface area contributed by atoms with Gasteiger partial charge in [-0.3, -0.25) is 14.6 Å². The van der Waals surface area contributed by atoms with Crippen molar-refractivity contribution in [2.24, 2.45) is 11.7 Å². The fraction of sp³-hybridized carbons (Fsp3) is 0.458. The van der Waals surface area contributed by atoms with Crippen LogP contribution in [0.25, 0.3) is 0 Å². The van der Waals surface area contributed by atoms with Crippen molar-refractivity contribution in [3.63, 3.8) is 0 Å². The van der Waals surface area contributed by atoms with E-state index in [-0.39, 0.29) is 23.8 Å². The topological polar surface area (TPSA) is 88.3 Å². The number of carbonyl (C=O) groups is 2. The van der Waals surface area contributed by atoms with Crippen molar-refractivity contribution in [3.8, 4) is 0 Å².